The maximum absolute atomic E-state index is 12.1. The number of amides is 1. The number of allylic oxidation sites excluding steroid dienone is 1. The van der Waals surface area contributed by atoms with Crippen LogP contribution in [0.4, 0.5) is 5.69 Å². The number of rotatable bonds is 2. The summed E-state index contributed by atoms with van der Waals surface area (Å²) in [7, 11) is 0. The molecule has 3 rings (SSSR count). The summed E-state index contributed by atoms with van der Waals surface area (Å²) >= 11 is 0. The second-order valence-electron chi connectivity index (χ2n) is 4.11. The van der Waals surface area contributed by atoms with Crippen molar-refractivity contribution in [2.75, 3.05) is 5.32 Å². The highest BCUT2D eigenvalue weighted by Crippen LogP contribution is 2.04. The lowest BCUT2D eigenvalue weighted by molar-refractivity contribution is 0.102. The van der Waals surface area contributed by atoms with E-state index in [2.05, 4.69) is 16.4 Å². The van der Waals surface area contributed by atoms with Crippen molar-refractivity contribution in [3.63, 3.8) is 0 Å². The molecule has 2 aromatic carbocycles. The number of para-hydroxylation sites is 1. The van der Waals surface area contributed by atoms with Gasteiger partial charge < -0.3 is 5.32 Å². The third kappa shape index (κ3) is 2.28. The molecule has 0 aliphatic carbocycles. The lowest BCUT2D eigenvalue weighted by atomic mass is 10.2. The van der Waals surface area contributed by atoms with Crippen molar-refractivity contribution in [2.24, 2.45) is 4.99 Å². The van der Waals surface area contributed by atoms with Crippen LogP contribution in [0.3, 0.4) is 0 Å². The smallest absolute Gasteiger partial charge is 0.256 e. The average Bonchev–Trinajstić information content (AvgIpc) is 2.48. The quantitative estimate of drug-likeness (QED) is 0.807. The molecule has 0 saturated carbocycles. The highest BCUT2D eigenvalue weighted by Gasteiger charge is 2.11. The number of hydrogen-bond acceptors (Lipinski definition) is 2. The van der Waals surface area contributed by atoms with E-state index >= 15 is 0 Å². The van der Waals surface area contributed by atoms with Gasteiger partial charge in [0.2, 0.25) is 0 Å². The molecule has 90 valence electrons. The molecule has 0 bridgehead atoms. The minimum absolute atomic E-state index is 0.140. The van der Waals surface area contributed by atoms with E-state index < -0.39 is 0 Å². The van der Waals surface area contributed by atoms with Crippen LogP contribution < -0.4 is 15.9 Å². The third-order valence-electron chi connectivity index (χ3n) is 2.84. The summed E-state index contributed by atoms with van der Waals surface area (Å²) < 4.78 is 0. The molecular formula is C16H11N2O+. The Bertz CT molecular complexity index is 761. The van der Waals surface area contributed by atoms with Crippen LogP contribution in [0.1, 0.15) is 10.4 Å². The standard InChI is InChI=1S/C16H10N2O/c19-16(13-6-2-1-3-7-13)18-14-10-4-8-12-9-5-11-17-15(12)14/h1-8,10-11H/p+1. The summed E-state index contributed by atoms with van der Waals surface area (Å²) in [5, 5.41) is 4.51. The van der Waals surface area contributed by atoms with E-state index in [4.69, 9.17) is 0 Å². The van der Waals surface area contributed by atoms with E-state index in [1.54, 1.807) is 24.4 Å². The van der Waals surface area contributed by atoms with Gasteiger partial charge >= 0.3 is 0 Å². The molecule has 0 unspecified atom stereocenters. The van der Waals surface area contributed by atoms with Crippen LogP contribution in [0.2, 0.25) is 0 Å². The first-order valence-electron chi connectivity index (χ1n) is 5.96. The molecule has 0 aromatic heterocycles. The maximum Gasteiger partial charge on any atom is 0.256 e. The maximum atomic E-state index is 12.1. The molecule has 1 aliphatic heterocycles. The second kappa shape index (κ2) is 4.84. The summed E-state index contributed by atoms with van der Waals surface area (Å²) in [5.74, 6) is -0.140. The number of nitrogens with one attached hydrogen (secondary N) is 1. The van der Waals surface area contributed by atoms with E-state index in [9.17, 15) is 4.79 Å². The zero-order valence-electron chi connectivity index (χ0n) is 10.1. The molecule has 0 fully saturated rings. The topological polar surface area (TPSA) is 41.5 Å². The number of anilines is 1. The first kappa shape index (κ1) is 11.3. The van der Waals surface area contributed by atoms with E-state index in [0.29, 0.717) is 11.3 Å². The molecule has 1 amide bonds. The molecule has 2 aromatic rings. The predicted molar refractivity (Wildman–Crippen MR) is 74.2 cm³/mol. The van der Waals surface area contributed by atoms with Crippen molar-refractivity contribution in [1.29, 1.82) is 0 Å². The summed E-state index contributed by atoms with van der Waals surface area (Å²) in [4.78, 5) is 16.4. The van der Waals surface area contributed by atoms with Gasteiger partial charge in [0, 0.05) is 17.7 Å². The Balaban J connectivity index is 1.97. The van der Waals surface area contributed by atoms with Crippen molar-refractivity contribution in [3.05, 3.63) is 76.9 Å². The third-order valence-corrected chi connectivity index (χ3v) is 2.84. The SMILES string of the molecule is O=C(Nc1cccc2c1=NC=C[C+]=2)c1ccccc1. The molecular weight excluding hydrogens is 236 g/mol. The van der Waals surface area contributed by atoms with E-state index in [1.807, 2.05) is 36.4 Å². The average molecular weight is 247 g/mol. The van der Waals surface area contributed by atoms with Gasteiger partial charge in [0.05, 0.1) is 6.08 Å². The minimum Gasteiger partial charge on any atom is -0.312 e. The number of benzene rings is 2. The van der Waals surface area contributed by atoms with Crippen LogP contribution in [0, 0.1) is 0 Å². The molecule has 1 heterocycles. The van der Waals surface area contributed by atoms with Gasteiger partial charge in [0.15, 0.2) is 10.6 Å². The summed E-state index contributed by atoms with van der Waals surface area (Å²) in [6.07, 6.45) is 6.51. The van der Waals surface area contributed by atoms with Gasteiger partial charge in [-0.1, -0.05) is 18.2 Å². The van der Waals surface area contributed by atoms with Crippen LogP contribution in [0.5, 0.6) is 0 Å². The fourth-order valence-electron chi connectivity index (χ4n) is 1.92. The lowest BCUT2D eigenvalue weighted by Gasteiger charge is -2.03. The molecule has 1 aliphatic rings. The van der Waals surface area contributed by atoms with Crippen LogP contribution in [0.25, 0.3) is 6.08 Å². The molecule has 19 heavy (non-hydrogen) atoms. The van der Waals surface area contributed by atoms with Crippen LogP contribution >= 0.6 is 0 Å². The van der Waals surface area contributed by atoms with Crippen molar-refractivity contribution >= 4 is 17.7 Å². The molecule has 0 saturated heterocycles. The summed E-state index contributed by atoms with van der Waals surface area (Å²) in [6, 6.07) is 14.7. The van der Waals surface area contributed by atoms with E-state index in [0.717, 1.165) is 10.6 Å². The Morgan fingerprint density at radius 2 is 1.89 bits per heavy atom. The minimum atomic E-state index is -0.140. The normalized spacial score (nSPS) is 11.6. The van der Waals surface area contributed by atoms with E-state index in [1.165, 1.54) is 0 Å². The van der Waals surface area contributed by atoms with Gasteiger partial charge in [-0.25, -0.2) is 0 Å². The van der Waals surface area contributed by atoms with Crippen molar-refractivity contribution in [3.8, 4) is 0 Å². The second-order valence-corrected chi connectivity index (χ2v) is 4.11. The highest BCUT2D eigenvalue weighted by atomic mass is 16.1. The number of carbonyl (C=O) groups excluding carboxylic acids is 1. The summed E-state index contributed by atoms with van der Waals surface area (Å²) in [5.41, 5.74) is 1.32. The number of fused-ring (bicyclic) bond motifs is 1. The van der Waals surface area contributed by atoms with Crippen molar-refractivity contribution in [1.82, 2.24) is 0 Å². The Hall–Kier alpha value is -2.77. The monoisotopic (exact) mass is 247 g/mol. The first-order valence-corrected chi connectivity index (χ1v) is 5.96. The Morgan fingerprint density at radius 1 is 1.05 bits per heavy atom. The van der Waals surface area contributed by atoms with Gasteiger partial charge in [-0.15, -0.1) is 0 Å². The van der Waals surface area contributed by atoms with Gasteiger partial charge in [0.1, 0.15) is 11.9 Å². The van der Waals surface area contributed by atoms with Crippen LogP contribution in [0.15, 0.2) is 65.8 Å². The van der Waals surface area contributed by atoms with Gasteiger partial charge in [-0.3, -0.25) is 4.79 Å². The summed E-state index contributed by atoms with van der Waals surface area (Å²) in [6.45, 7) is 0. The molecule has 1 N–H and O–H groups in total. The molecule has 3 nitrogen and oxygen atoms in total. The van der Waals surface area contributed by atoms with E-state index in [-0.39, 0.29) is 5.91 Å². The number of carbonyl (C=O) groups is 1. The molecule has 0 atom stereocenters. The lowest BCUT2D eigenvalue weighted by Crippen LogP contribution is -2.30. The molecule has 0 spiro atoms. The van der Waals surface area contributed by atoms with Crippen LogP contribution in [-0.4, -0.2) is 5.91 Å². The number of hydrogen-bond donors (Lipinski definition) is 1. The fraction of sp³-hybridized carbons (Fsp3) is 0. The largest absolute Gasteiger partial charge is 0.312 e. The van der Waals surface area contributed by atoms with Crippen molar-refractivity contribution < 1.29 is 4.79 Å². The molecule has 3 heteroatoms. The number of nitrogens with zero attached hydrogens (tertiary/aromatic N) is 1. The van der Waals surface area contributed by atoms with Crippen molar-refractivity contribution in [2.45, 2.75) is 0 Å². The van der Waals surface area contributed by atoms with Gasteiger partial charge in [-0.05, 0) is 24.3 Å². The fourth-order valence-corrected chi connectivity index (χ4v) is 1.92. The Labute approximate surface area is 110 Å². The van der Waals surface area contributed by atoms with Gasteiger partial charge in [-0.2, -0.15) is 4.99 Å². The zero-order chi connectivity index (χ0) is 13.1. The Morgan fingerprint density at radius 3 is 2.74 bits per heavy atom. The van der Waals surface area contributed by atoms with Gasteiger partial charge in [0.25, 0.3) is 5.91 Å². The zero-order valence-corrected chi connectivity index (χ0v) is 10.1. The predicted octanol–water partition coefficient (Wildman–Crippen LogP) is 1.74. The highest BCUT2D eigenvalue weighted by molar-refractivity contribution is 6.04. The molecule has 0 radical (unpaired) electrons. The Kier molecular flexibility index (Phi) is 2.89. The first-order chi connectivity index (χ1) is 9.34. The van der Waals surface area contributed by atoms with Crippen LogP contribution in [-0.2, 0) is 0 Å².